The number of rotatable bonds is 13. The molecule has 17 rings (SSSR count). The van der Waals surface area contributed by atoms with Gasteiger partial charge in [-0.05, 0) is 111 Å². The van der Waals surface area contributed by atoms with Gasteiger partial charge in [0.25, 0.3) is 29.5 Å². The third-order valence-corrected chi connectivity index (χ3v) is 22.5. The Bertz CT molecular complexity index is 5160. The molecule has 5 amide bonds. The molecular weight excluding hydrogens is 1650 g/mol. The van der Waals surface area contributed by atoms with Gasteiger partial charge in [0.2, 0.25) is 16.3 Å². The van der Waals surface area contributed by atoms with E-state index in [-0.39, 0.29) is 199 Å². The van der Waals surface area contributed by atoms with E-state index >= 15 is 0 Å². The molecule has 112 heavy (non-hydrogen) atoms. The van der Waals surface area contributed by atoms with Crippen molar-refractivity contribution < 1.29 is 102 Å². The van der Waals surface area contributed by atoms with Gasteiger partial charge in [0.1, 0.15) is 41.8 Å². The van der Waals surface area contributed by atoms with Crippen molar-refractivity contribution in [3.05, 3.63) is 262 Å². The van der Waals surface area contributed by atoms with Crippen LogP contribution in [0.4, 0.5) is 13.2 Å². The van der Waals surface area contributed by atoms with Crippen molar-refractivity contribution in [1.82, 2.24) is 39.0 Å². The fraction of sp³-hybridized carbons (Fsp3) is 0.354. The molecule has 0 radical (unpaired) electrons. The summed E-state index contributed by atoms with van der Waals surface area (Å²) < 4.78 is 84.5. The van der Waals surface area contributed by atoms with Gasteiger partial charge in [-0.1, -0.05) is 147 Å². The maximum absolute atomic E-state index is 14.4. The number of halogens is 8. The molecule has 0 saturated carbocycles. The van der Waals surface area contributed by atoms with Crippen LogP contribution in [0.2, 0.25) is 15.1 Å². The van der Waals surface area contributed by atoms with Gasteiger partial charge in [-0.15, -0.1) is 0 Å². The van der Waals surface area contributed by atoms with Crippen molar-refractivity contribution in [1.29, 1.82) is 0 Å². The number of carbonyl (C=O) groups is 5. The van der Waals surface area contributed by atoms with E-state index in [1.165, 1.54) is 30.3 Å². The standard InChI is InChI=1S/C28H25ClFN3O5.C21H19ClFN3O5.C20H19IN2O4.C7H7ClFN.CO.2CH4.ClH.Li/c1-15-13-38-28-20-11-10-19-21(26(35)31-12-17-8-5-9-18(29)22(17)30)24(34)25(23(33(19)20)27(36)32(15)28)37-14-16-6-3-2-4-7-16;1-9-8-31-21-13-6-5-12-14(17(27)18(28)16(26(12)13)20(30)25(9)21)19(29)24-7-10-3-2-4-11(22)15(10)23;1-11-9-27-20-14-8-7-13-15(21)17(24)18(16(23(13)14)19(25)22(11)20)26-10-12-5-3-2-4-6-12;8-6-3-1-2-5(4-10)7(6)9;1-2;;;;/h2-9,15,20,28H,10-14H2,1H3,(H,31,35);2-4,9,13,21,28H,5-8H2,1H3,(H,24,29);2-6,11,14,20H,7-10H2,1H3;1-3H,4,10H2;;2*1H4;1H;/q;;;;;;;;+1/p-1/t15-,20?,28?;9-,13?,21?;11-,14?,20?;;;;;;/m111....../s1. The van der Waals surface area contributed by atoms with E-state index < -0.39 is 64.2 Å². The van der Waals surface area contributed by atoms with Gasteiger partial charge in [0.15, 0.2) is 53.0 Å². The first kappa shape index (κ1) is 87.5. The fourth-order valence-electron chi connectivity index (χ4n) is 15.6. The summed E-state index contributed by atoms with van der Waals surface area (Å²) in [5.74, 6) is -4.87. The summed E-state index contributed by atoms with van der Waals surface area (Å²) in [5.41, 5.74) is 7.90. The molecule has 0 aliphatic carbocycles. The first-order valence-electron chi connectivity index (χ1n) is 34.7. The average molecular weight is 1730 g/mol. The van der Waals surface area contributed by atoms with Gasteiger partial charge >= 0.3 is 30.2 Å². The van der Waals surface area contributed by atoms with Crippen molar-refractivity contribution in [2.75, 3.05) is 19.8 Å². The number of hydrogen-bond acceptors (Lipinski definition) is 15. The second-order valence-corrected chi connectivity index (χ2v) is 29.3. The van der Waals surface area contributed by atoms with Crippen LogP contribution in [0.5, 0.6) is 17.2 Å². The van der Waals surface area contributed by atoms with E-state index in [1.54, 1.807) is 48.1 Å². The van der Waals surface area contributed by atoms with Crippen LogP contribution in [0.15, 0.2) is 130 Å². The normalized spacial score (nSPS) is 20.8. The zero-order valence-corrected chi connectivity index (χ0v) is 64.7. The number of carbonyl (C=O) groups excluding carboxylic acids is 5. The molecular formula is C79H78Cl4F3ILiN9O15. The van der Waals surface area contributed by atoms with E-state index in [4.69, 9.17) is 68.9 Å². The minimum atomic E-state index is -0.912. The summed E-state index contributed by atoms with van der Waals surface area (Å²) in [4.78, 5) is 111. The predicted octanol–water partition coefficient (Wildman–Crippen LogP) is 5.70. The molecule has 33 heteroatoms. The largest absolute Gasteiger partial charge is 1.00 e. The molecule has 3 fully saturated rings. The van der Waals surface area contributed by atoms with Crippen LogP contribution >= 0.6 is 57.4 Å². The number of amides is 5. The number of pyridine rings is 3. The molecule has 9 aliphatic rings. The Morgan fingerprint density at radius 2 is 0.875 bits per heavy atom. The molecule has 5 N–H and O–H groups in total. The summed E-state index contributed by atoms with van der Waals surface area (Å²) >= 11 is 19.2. The van der Waals surface area contributed by atoms with E-state index in [1.807, 2.05) is 86.0 Å². The second kappa shape index (κ2) is 36.8. The Kier molecular flexibility index (Phi) is 28.8. The first-order chi connectivity index (χ1) is 52.0. The van der Waals surface area contributed by atoms with Crippen molar-refractivity contribution in [3.8, 4) is 17.2 Å². The van der Waals surface area contributed by atoms with Crippen molar-refractivity contribution in [2.45, 2.75) is 162 Å². The average Bonchev–Trinajstić information content (AvgIpc) is 1.55. The zero-order chi connectivity index (χ0) is 76.8. The van der Waals surface area contributed by atoms with Gasteiger partial charge in [0.05, 0.1) is 74.7 Å². The maximum Gasteiger partial charge on any atom is 1.00 e. The van der Waals surface area contributed by atoms with E-state index in [2.05, 4.69) is 39.9 Å². The van der Waals surface area contributed by atoms with Gasteiger partial charge in [-0.3, -0.25) is 38.4 Å². The van der Waals surface area contributed by atoms with Crippen LogP contribution in [0.3, 0.4) is 0 Å². The molecule has 586 valence electrons. The summed E-state index contributed by atoms with van der Waals surface area (Å²) in [6.45, 7) is 11.6. The van der Waals surface area contributed by atoms with Crippen LogP contribution in [0.25, 0.3) is 0 Å². The Labute approximate surface area is 689 Å². The molecule has 0 bridgehead atoms. The van der Waals surface area contributed by atoms with Gasteiger partial charge in [-0.2, -0.15) is 0 Å². The molecule has 8 aromatic rings. The number of benzene rings is 5. The molecule has 9 atom stereocenters. The molecule has 9 aliphatic heterocycles. The summed E-state index contributed by atoms with van der Waals surface area (Å²) in [5, 5.41) is 15.8. The number of nitrogens with one attached hydrogen (secondary N) is 2. The van der Waals surface area contributed by atoms with Crippen LogP contribution in [0.1, 0.15) is 170 Å². The summed E-state index contributed by atoms with van der Waals surface area (Å²) in [6.07, 6.45) is 2.35. The summed E-state index contributed by atoms with van der Waals surface area (Å²) in [6, 6.07) is 31.8. The molecule has 5 aromatic carbocycles. The molecule has 3 saturated heterocycles. The number of nitrogens with two attached hydrogens (primary N) is 1. The van der Waals surface area contributed by atoms with Crippen molar-refractivity contribution in [3.63, 3.8) is 0 Å². The Morgan fingerprint density at radius 3 is 1.27 bits per heavy atom. The number of aromatic nitrogens is 3. The molecule has 6 unspecified atom stereocenters. The van der Waals surface area contributed by atoms with Gasteiger partial charge in [-0.25, -0.2) is 13.2 Å². The van der Waals surface area contributed by atoms with Crippen LogP contribution in [-0.4, -0.2) is 120 Å². The first-order valence-corrected chi connectivity index (χ1v) is 36.9. The smallest absolute Gasteiger partial charge is 1.00 e. The Morgan fingerprint density at radius 1 is 0.536 bits per heavy atom. The molecule has 12 heterocycles. The van der Waals surface area contributed by atoms with Gasteiger partial charge in [0, 0.05) is 53.4 Å². The number of nitrogens with zero attached hydrogens (tertiary/aromatic N) is 6. The number of aromatic hydroxyl groups is 1. The van der Waals surface area contributed by atoms with Crippen LogP contribution < -0.4 is 73.4 Å². The minimum Gasteiger partial charge on any atom is -1.00 e. The number of fused-ring (bicyclic) bond motifs is 6. The van der Waals surface area contributed by atoms with Crippen LogP contribution in [-0.2, 0) is 71.0 Å². The molecule has 3 aromatic heterocycles. The van der Waals surface area contributed by atoms with E-state index in [9.17, 15) is 56.6 Å². The van der Waals surface area contributed by atoms with Crippen molar-refractivity contribution >= 4 is 86.9 Å². The number of ether oxygens (including phenoxy) is 5. The topological polar surface area (TPSA) is 297 Å². The monoisotopic (exact) mass is 1720 g/mol. The SMILES string of the molecule is C.C.C[C@@H]1COC2C3CCc4c(C(=O)NCc5cccc(Cl)c5F)c(=O)c(O)c(n43)C(=O)N21.C[C@@H]1COC2C3CCc4c(C(=O)NCc5cccc(Cl)c5F)c(=O)c(OCc5ccccc5)c(n43)C(=O)N21.C[C@@H]1COC2C3CCc4c(I)c(=O)c(OCc5ccccc5)c(n43)C(=O)N21.NCc1cccc(Cl)c1F.[C-]#[O+].[Cl-].[Li+]. The van der Waals surface area contributed by atoms with E-state index in [0.717, 1.165) is 29.7 Å². The van der Waals surface area contributed by atoms with Crippen molar-refractivity contribution in [2.24, 2.45) is 5.73 Å². The third-order valence-electron chi connectivity index (χ3n) is 20.6. The fourth-order valence-corrected chi connectivity index (χ4v) is 16.9. The Balaban J connectivity index is 0.000000178. The van der Waals surface area contributed by atoms with Crippen LogP contribution in [0, 0.1) is 27.7 Å². The number of hydrogen-bond donors (Lipinski definition) is 4. The third kappa shape index (κ3) is 16.0. The molecule has 24 nitrogen and oxygen atoms in total. The maximum atomic E-state index is 14.4. The second-order valence-electron chi connectivity index (χ2n) is 27.0. The molecule has 0 spiro atoms. The zero-order valence-electron chi connectivity index (χ0n) is 59.5. The summed E-state index contributed by atoms with van der Waals surface area (Å²) in [7, 11) is 0. The Hall–Kier alpha value is -8.44. The minimum absolute atomic E-state index is 0. The van der Waals surface area contributed by atoms with E-state index in [0.29, 0.717) is 71.7 Å². The van der Waals surface area contributed by atoms with Gasteiger partial charge < -0.3 is 86.0 Å². The predicted molar refractivity (Wildman–Crippen MR) is 408 cm³/mol. The quantitative estimate of drug-likeness (QED) is 0.0466.